The van der Waals surface area contributed by atoms with Crippen molar-refractivity contribution in [2.45, 2.75) is 38.3 Å². The number of carbonyl (C=O) groups excluding carboxylic acids is 2. The fourth-order valence-corrected chi connectivity index (χ4v) is 2.46. The maximum Gasteiger partial charge on any atom is 0.242 e. The van der Waals surface area contributed by atoms with E-state index in [1.165, 1.54) is 0 Å². The van der Waals surface area contributed by atoms with E-state index >= 15 is 0 Å². The van der Waals surface area contributed by atoms with E-state index in [1.807, 2.05) is 12.3 Å². The number of hydrogen-bond donors (Lipinski definition) is 1. The van der Waals surface area contributed by atoms with Crippen LogP contribution in [-0.4, -0.2) is 46.1 Å². The maximum atomic E-state index is 12.2. The Morgan fingerprint density at radius 2 is 2.26 bits per heavy atom. The van der Waals surface area contributed by atoms with Gasteiger partial charge in [-0.2, -0.15) is 5.10 Å². The van der Waals surface area contributed by atoms with Gasteiger partial charge in [-0.05, 0) is 25.3 Å². The summed E-state index contributed by atoms with van der Waals surface area (Å²) in [6, 6.07) is 1.53. The Kier molecular flexibility index (Phi) is 4.54. The molecule has 2 amide bonds. The van der Waals surface area contributed by atoms with Crippen LogP contribution in [0.25, 0.3) is 0 Å². The van der Waals surface area contributed by atoms with Gasteiger partial charge in [-0.1, -0.05) is 0 Å². The fraction of sp³-hybridized carbons (Fsp3) is 0.615. The largest absolute Gasteiger partial charge is 0.357 e. The van der Waals surface area contributed by atoms with Gasteiger partial charge in [-0.3, -0.25) is 14.3 Å². The number of carbonyl (C=O) groups is 2. The third-order valence-corrected chi connectivity index (χ3v) is 3.49. The Hall–Kier alpha value is -1.85. The molecule has 2 heterocycles. The zero-order valence-corrected chi connectivity index (χ0v) is 11.2. The third kappa shape index (κ3) is 3.33. The molecule has 0 radical (unpaired) electrons. The second kappa shape index (κ2) is 6.36. The predicted octanol–water partition coefficient (Wildman–Crippen LogP) is 0.400. The van der Waals surface area contributed by atoms with Crippen LogP contribution in [0.5, 0.6) is 0 Å². The summed E-state index contributed by atoms with van der Waals surface area (Å²) in [5, 5.41) is 6.71. The highest BCUT2D eigenvalue weighted by molar-refractivity contribution is 5.87. The van der Waals surface area contributed by atoms with Crippen LogP contribution in [0.3, 0.4) is 0 Å². The van der Waals surface area contributed by atoms with E-state index in [0.717, 1.165) is 19.3 Å². The van der Waals surface area contributed by atoms with Crippen molar-refractivity contribution in [3.63, 3.8) is 0 Å². The second-order valence-electron chi connectivity index (χ2n) is 4.73. The lowest BCUT2D eigenvalue weighted by Gasteiger charge is -2.34. The van der Waals surface area contributed by atoms with Crippen LogP contribution >= 0.6 is 0 Å². The Labute approximate surface area is 112 Å². The molecule has 1 N–H and O–H groups in total. The molecule has 0 saturated carbocycles. The number of nitrogens with one attached hydrogen (secondary N) is 1. The van der Waals surface area contributed by atoms with Crippen molar-refractivity contribution in [2.24, 2.45) is 0 Å². The molecule has 1 fully saturated rings. The number of likely N-dealkylation sites (N-methyl/N-ethyl adjacent to an activating group) is 1. The molecule has 1 saturated heterocycles. The first-order valence-corrected chi connectivity index (χ1v) is 6.71. The van der Waals surface area contributed by atoms with Crippen molar-refractivity contribution in [1.29, 1.82) is 0 Å². The molecule has 1 aromatic rings. The molecule has 1 aromatic heterocycles. The van der Waals surface area contributed by atoms with Crippen molar-refractivity contribution in [2.75, 3.05) is 13.6 Å². The van der Waals surface area contributed by atoms with Crippen LogP contribution in [0, 0.1) is 0 Å². The summed E-state index contributed by atoms with van der Waals surface area (Å²) in [6.45, 7) is 1.23. The summed E-state index contributed by atoms with van der Waals surface area (Å²) >= 11 is 0. The number of nitrogens with zero attached hydrogens (tertiary/aromatic N) is 3. The Balaban J connectivity index is 1.93. The zero-order valence-electron chi connectivity index (χ0n) is 11.2. The van der Waals surface area contributed by atoms with Gasteiger partial charge >= 0.3 is 0 Å². The average Bonchev–Trinajstić information content (AvgIpc) is 2.97. The summed E-state index contributed by atoms with van der Waals surface area (Å²) in [7, 11) is 1.61. The van der Waals surface area contributed by atoms with Crippen LogP contribution in [-0.2, 0) is 16.1 Å². The highest BCUT2D eigenvalue weighted by atomic mass is 16.2. The lowest BCUT2D eigenvalue weighted by atomic mass is 10.0. The molecule has 6 heteroatoms. The van der Waals surface area contributed by atoms with E-state index in [2.05, 4.69) is 10.4 Å². The third-order valence-electron chi connectivity index (χ3n) is 3.49. The monoisotopic (exact) mass is 264 g/mol. The molecule has 0 spiro atoms. The van der Waals surface area contributed by atoms with Gasteiger partial charge in [0.2, 0.25) is 11.8 Å². The molecule has 1 aliphatic heterocycles. The van der Waals surface area contributed by atoms with Gasteiger partial charge < -0.3 is 10.2 Å². The van der Waals surface area contributed by atoms with E-state index in [0.29, 0.717) is 19.5 Å². The molecule has 19 heavy (non-hydrogen) atoms. The lowest BCUT2D eigenvalue weighted by Crippen LogP contribution is -2.51. The van der Waals surface area contributed by atoms with Crippen LogP contribution in [0.1, 0.15) is 25.7 Å². The van der Waals surface area contributed by atoms with E-state index < -0.39 is 0 Å². The molecular formula is C13H20N4O2. The average molecular weight is 264 g/mol. The number of aromatic nitrogens is 2. The van der Waals surface area contributed by atoms with Crippen molar-refractivity contribution >= 4 is 11.8 Å². The van der Waals surface area contributed by atoms with Crippen molar-refractivity contribution in [3.05, 3.63) is 18.5 Å². The van der Waals surface area contributed by atoms with Crippen molar-refractivity contribution in [1.82, 2.24) is 20.0 Å². The standard InChI is InChI=1S/C13H20N4O2/c1-14-13(19)11-5-2-3-9-17(11)12(18)6-10-16-8-4-7-15-16/h4,7-8,11H,2-3,5-6,9-10H2,1H3,(H,14,19). The van der Waals surface area contributed by atoms with Crippen molar-refractivity contribution in [3.8, 4) is 0 Å². The van der Waals surface area contributed by atoms with Gasteiger partial charge in [0.15, 0.2) is 0 Å². The van der Waals surface area contributed by atoms with Gasteiger partial charge in [-0.25, -0.2) is 0 Å². The molecule has 1 atom stereocenters. The molecule has 104 valence electrons. The molecule has 0 bridgehead atoms. The molecule has 2 rings (SSSR count). The highest BCUT2D eigenvalue weighted by Crippen LogP contribution is 2.18. The van der Waals surface area contributed by atoms with Crippen LogP contribution in [0.4, 0.5) is 0 Å². The van der Waals surface area contributed by atoms with Gasteiger partial charge in [0.1, 0.15) is 6.04 Å². The molecule has 6 nitrogen and oxygen atoms in total. The topological polar surface area (TPSA) is 67.2 Å². The summed E-state index contributed by atoms with van der Waals surface area (Å²) in [5.74, 6) is -0.0315. The van der Waals surface area contributed by atoms with E-state index in [1.54, 1.807) is 22.8 Å². The summed E-state index contributed by atoms with van der Waals surface area (Å²) in [6.07, 6.45) is 6.64. The molecular weight excluding hydrogens is 244 g/mol. The smallest absolute Gasteiger partial charge is 0.242 e. The van der Waals surface area contributed by atoms with Crippen molar-refractivity contribution < 1.29 is 9.59 Å². The predicted molar refractivity (Wildman–Crippen MR) is 70.3 cm³/mol. The number of rotatable bonds is 4. The minimum absolute atomic E-state index is 0.0313. The summed E-state index contributed by atoms with van der Waals surface area (Å²) < 4.78 is 1.73. The normalized spacial score (nSPS) is 19.2. The molecule has 1 aliphatic rings. The van der Waals surface area contributed by atoms with E-state index in [9.17, 15) is 9.59 Å². The highest BCUT2D eigenvalue weighted by Gasteiger charge is 2.30. The van der Waals surface area contributed by atoms with Gasteiger partial charge in [0, 0.05) is 39.0 Å². The molecule has 0 aromatic carbocycles. The number of aryl methyl sites for hydroxylation is 1. The Morgan fingerprint density at radius 1 is 1.42 bits per heavy atom. The Morgan fingerprint density at radius 3 is 2.95 bits per heavy atom. The molecule has 0 aliphatic carbocycles. The van der Waals surface area contributed by atoms with Gasteiger partial charge in [0.25, 0.3) is 0 Å². The summed E-state index contributed by atoms with van der Waals surface area (Å²) in [4.78, 5) is 25.7. The van der Waals surface area contributed by atoms with Crippen LogP contribution in [0.15, 0.2) is 18.5 Å². The quantitative estimate of drug-likeness (QED) is 0.856. The number of piperidine rings is 1. The Bertz CT molecular complexity index is 430. The van der Waals surface area contributed by atoms with Crippen LogP contribution < -0.4 is 5.32 Å². The minimum Gasteiger partial charge on any atom is -0.357 e. The summed E-state index contributed by atoms with van der Waals surface area (Å²) in [5.41, 5.74) is 0. The number of likely N-dealkylation sites (tertiary alicyclic amines) is 1. The first kappa shape index (κ1) is 13.6. The zero-order chi connectivity index (χ0) is 13.7. The lowest BCUT2D eigenvalue weighted by molar-refractivity contribution is -0.142. The molecule has 1 unspecified atom stereocenters. The van der Waals surface area contributed by atoms with Gasteiger partial charge in [-0.15, -0.1) is 0 Å². The first-order chi connectivity index (χ1) is 9.22. The first-order valence-electron chi connectivity index (χ1n) is 6.71. The maximum absolute atomic E-state index is 12.2. The van der Waals surface area contributed by atoms with Crippen LogP contribution in [0.2, 0.25) is 0 Å². The van der Waals surface area contributed by atoms with E-state index in [-0.39, 0.29) is 17.9 Å². The number of hydrogen-bond acceptors (Lipinski definition) is 3. The SMILES string of the molecule is CNC(=O)C1CCCCN1C(=O)CCn1cccn1. The van der Waals surface area contributed by atoms with E-state index in [4.69, 9.17) is 0 Å². The van der Waals surface area contributed by atoms with Gasteiger partial charge in [0.05, 0.1) is 0 Å². The number of amides is 2. The minimum atomic E-state index is -0.302. The second-order valence-corrected chi connectivity index (χ2v) is 4.73. The fourth-order valence-electron chi connectivity index (χ4n) is 2.46.